The molecule has 1 aliphatic rings. The van der Waals surface area contributed by atoms with Crippen molar-refractivity contribution in [2.24, 2.45) is 0 Å². The molecule has 0 spiro atoms. The van der Waals surface area contributed by atoms with Crippen LogP contribution in [0.1, 0.15) is 24.5 Å². The normalized spacial score (nSPS) is 12.1. The minimum absolute atomic E-state index is 0.0660. The topological polar surface area (TPSA) is 67.9 Å². The molecular formula is C25H25N2O4. The number of hydrogen-bond acceptors (Lipinski definition) is 4. The van der Waals surface area contributed by atoms with Crippen LogP contribution < -0.4 is 14.8 Å². The summed E-state index contributed by atoms with van der Waals surface area (Å²) in [6.45, 7) is 2.37. The quantitative estimate of drug-likeness (QED) is 0.627. The number of amides is 2. The molecule has 31 heavy (non-hydrogen) atoms. The first kappa shape index (κ1) is 20.7. The number of likely N-dealkylation sites (N-methyl/N-ethyl adjacent to an activating group) is 1. The number of anilines is 1. The van der Waals surface area contributed by atoms with Gasteiger partial charge in [0, 0.05) is 26.2 Å². The van der Waals surface area contributed by atoms with Crippen LogP contribution in [0, 0.1) is 6.42 Å². The molecule has 159 valence electrons. The lowest BCUT2D eigenvalue weighted by Gasteiger charge is -2.17. The molecule has 0 aliphatic carbocycles. The van der Waals surface area contributed by atoms with Crippen molar-refractivity contribution in [1.82, 2.24) is 4.90 Å². The molecule has 0 aromatic heterocycles. The molecule has 0 saturated heterocycles. The van der Waals surface area contributed by atoms with Crippen LogP contribution in [0.5, 0.6) is 11.5 Å². The monoisotopic (exact) mass is 417 g/mol. The van der Waals surface area contributed by atoms with Gasteiger partial charge in [-0.05, 0) is 59.0 Å². The number of nitrogens with zero attached hydrogens (tertiary/aromatic N) is 1. The lowest BCUT2D eigenvalue weighted by Crippen LogP contribution is -2.29. The van der Waals surface area contributed by atoms with Gasteiger partial charge in [-0.25, -0.2) is 0 Å². The fourth-order valence-electron chi connectivity index (χ4n) is 3.58. The molecule has 0 unspecified atom stereocenters. The summed E-state index contributed by atoms with van der Waals surface area (Å²) in [5.74, 6) is 1.40. The standard InChI is InChI=1S/C25H25N2O4/c1-17(28)26-22-9-8-20-12-18(5-7-21(20)15-22)4-3-11-27(2)25(29)14-19-6-10-23-24(13-19)31-16-30-23/h4-10,12-13,15H,3,11,14,16H2,1-2H3,(H,26,28). The van der Waals surface area contributed by atoms with Crippen LogP contribution in [0.25, 0.3) is 10.8 Å². The van der Waals surface area contributed by atoms with Crippen LogP contribution in [0.2, 0.25) is 0 Å². The molecule has 0 atom stereocenters. The Morgan fingerprint density at radius 1 is 1.00 bits per heavy atom. The largest absolute Gasteiger partial charge is 0.454 e. The maximum absolute atomic E-state index is 12.5. The predicted molar refractivity (Wildman–Crippen MR) is 120 cm³/mol. The average molecular weight is 417 g/mol. The molecule has 3 aromatic rings. The maximum atomic E-state index is 12.5. The molecule has 3 aromatic carbocycles. The highest BCUT2D eigenvalue weighted by atomic mass is 16.7. The molecule has 6 nitrogen and oxygen atoms in total. The van der Waals surface area contributed by atoms with Gasteiger partial charge in [-0.1, -0.05) is 30.3 Å². The smallest absolute Gasteiger partial charge is 0.231 e. The number of fused-ring (bicyclic) bond motifs is 2. The van der Waals surface area contributed by atoms with E-state index in [2.05, 4.69) is 17.8 Å². The van der Waals surface area contributed by atoms with Crippen LogP contribution in [-0.2, 0) is 16.0 Å². The molecule has 1 radical (unpaired) electrons. The van der Waals surface area contributed by atoms with E-state index < -0.39 is 0 Å². The Hall–Kier alpha value is -3.54. The molecule has 2 amide bonds. The Labute approximate surface area is 181 Å². The Bertz CT molecular complexity index is 1130. The van der Waals surface area contributed by atoms with E-state index in [1.54, 1.807) is 4.90 Å². The van der Waals surface area contributed by atoms with Crippen LogP contribution in [0.15, 0.2) is 54.6 Å². The molecule has 0 fully saturated rings. The second kappa shape index (κ2) is 9.08. The summed E-state index contributed by atoms with van der Waals surface area (Å²) in [4.78, 5) is 25.5. The van der Waals surface area contributed by atoms with E-state index >= 15 is 0 Å². The number of ether oxygens (including phenoxy) is 2. The van der Waals surface area contributed by atoms with E-state index in [-0.39, 0.29) is 18.6 Å². The third-order valence-corrected chi connectivity index (χ3v) is 5.25. The maximum Gasteiger partial charge on any atom is 0.231 e. The third kappa shape index (κ3) is 5.15. The minimum Gasteiger partial charge on any atom is -0.454 e. The number of benzene rings is 3. The summed E-state index contributed by atoms with van der Waals surface area (Å²) in [6.07, 6.45) is 3.23. The summed E-state index contributed by atoms with van der Waals surface area (Å²) >= 11 is 0. The highest BCUT2D eigenvalue weighted by Crippen LogP contribution is 2.32. The average Bonchev–Trinajstić information content (AvgIpc) is 3.21. The van der Waals surface area contributed by atoms with Crippen LogP contribution in [0.4, 0.5) is 5.69 Å². The number of nitrogens with one attached hydrogen (secondary N) is 1. The van der Waals surface area contributed by atoms with Crippen LogP contribution >= 0.6 is 0 Å². The summed E-state index contributed by atoms with van der Waals surface area (Å²) < 4.78 is 10.7. The highest BCUT2D eigenvalue weighted by molar-refractivity contribution is 5.93. The van der Waals surface area contributed by atoms with Gasteiger partial charge in [0.2, 0.25) is 18.6 Å². The fourth-order valence-corrected chi connectivity index (χ4v) is 3.58. The molecule has 1 N–H and O–H groups in total. The zero-order valence-electron chi connectivity index (χ0n) is 17.7. The SMILES string of the molecule is CC(=O)Nc1ccc2cc([CH]CCN(C)C(=O)Cc3ccc4c(c3)OCO4)ccc2c1. The van der Waals surface area contributed by atoms with Gasteiger partial charge < -0.3 is 19.7 Å². The van der Waals surface area contributed by atoms with Crippen molar-refractivity contribution in [3.63, 3.8) is 0 Å². The Balaban J connectivity index is 1.29. The second-order valence-corrected chi connectivity index (χ2v) is 7.68. The van der Waals surface area contributed by atoms with Crippen molar-refractivity contribution in [1.29, 1.82) is 0 Å². The van der Waals surface area contributed by atoms with Gasteiger partial charge >= 0.3 is 0 Å². The highest BCUT2D eigenvalue weighted by Gasteiger charge is 2.16. The van der Waals surface area contributed by atoms with E-state index in [0.29, 0.717) is 18.7 Å². The van der Waals surface area contributed by atoms with Crippen LogP contribution in [0.3, 0.4) is 0 Å². The zero-order valence-corrected chi connectivity index (χ0v) is 17.7. The Morgan fingerprint density at radius 3 is 2.61 bits per heavy atom. The summed E-state index contributed by atoms with van der Waals surface area (Å²) in [5.41, 5.74) is 2.81. The van der Waals surface area contributed by atoms with Gasteiger partial charge in [0.05, 0.1) is 6.42 Å². The van der Waals surface area contributed by atoms with Gasteiger partial charge in [-0.3, -0.25) is 9.59 Å². The van der Waals surface area contributed by atoms with E-state index in [1.165, 1.54) is 6.92 Å². The van der Waals surface area contributed by atoms with Crippen molar-refractivity contribution in [2.45, 2.75) is 19.8 Å². The summed E-state index contributed by atoms with van der Waals surface area (Å²) in [5, 5.41) is 4.98. The molecular weight excluding hydrogens is 392 g/mol. The first-order chi connectivity index (χ1) is 15.0. The molecule has 0 saturated carbocycles. The summed E-state index contributed by atoms with van der Waals surface area (Å²) in [6, 6.07) is 17.7. The van der Waals surface area contributed by atoms with Crippen molar-refractivity contribution < 1.29 is 19.1 Å². The minimum atomic E-state index is -0.0819. The van der Waals surface area contributed by atoms with Crippen molar-refractivity contribution >= 4 is 28.3 Å². The number of rotatable bonds is 7. The number of carbonyl (C=O) groups is 2. The Kier molecular flexibility index (Phi) is 6.07. The number of carbonyl (C=O) groups excluding carboxylic acids is 2. The van der Waals surface area contributed by atoms with Crippen molar-refractivity contribution in [3.8, 4) is 11.5 Å². The first-order valence-corrected chi connectivity index (χ1v) is 10.2. The van der Waals surface area contributed by atoms with Gasteiger partial charge in [0.15, 0.2) is 11.5 Å². The van der Waals surface area contributed by atoms with E-state index in [0.717, 1.165) is 39.8 Å². The lowest BCUT2D eigenvalue weighted by atomic mass is 10.0. The van der Waals surface area contributed by atoms with Gasteiger partial charge in [0.1, 0.15) is 0 Å². The molecule has 1 aliphatic heterocycles. The van der Waals surface area contributed by atoms with E-state index in [1.807, 2.05) is 55.6 Å². The lowest BCUT2D eigenvalue weighted by molar-refractivity contribution is -0.129. The predicted octanol–water partition coefficient (Wildman–Crippen LogP) is 4.17. The van der Waals surface area contributed by atoms with Gasteiger partial charge in [-0.15, -0.1) is 0 Å². The molecule has 6 heteroatoms. The van der Waals surface area contributed by atoms with Gasteiger partial charge in [0.25, 0.3) is 0 Å². The summed E-state index contributed by atoms with van der Waals surface area (Å²) in [7, 11) is 1.83. The fraction of sp³-hybridized carbons (Fsp3) is 0.240. The van der Waals surface area contributed by atoms with E-state index in [9.17, 15) is 9.59 Å². The third-order valence-electron chi connectivity index (χ3n) is 5.25. The second-order valence-electron chi connectivity index (χ2n) is 7.68. The molecule has 4 rings (SSSR count). The van der Waals surface area contributed by atoms with E-state index in [4.69, 9.17) is 9.47 Å². The first-order valence-electron chi connectivity index (χ1n) is 10.2. The Morgan fingerprint density at radius 2 is 1.77 bits per heavy atom. The van der Waals surface area contributed by atoms with Gasteiger partial charge in [-0.2, -0.15) is 0 Å². The van der Waals surface area contributed by atoms with Crippen LogP contribution in [-0.4, -0.2) is 37.1 Å². The van der Waals surface area contributed by atoms with Crippen molar-refractivity contribution in [2.75, 3.05) is 25.7 Å². The number of hydrogen-bond donors (Lipinski definition) is 1. The van der Waals surface area contributed by atoms with Crippen molar-refractivity contribution in [3.05, 3.63) is 72.1 Å². The zero-order chi connectivity index (χ0) is 21.8. The molecule has 0 bridgehead atoms. The molecule has 1 heterocycles.